The number of carboxylic acids is 1. The third-order valence-electron chi connectivity index (χ3n) is 12.0. The molecule has 280 valence electrons. The Labute approximate surface area is 319 Å². The Morgan fingerprint density at radius 3 is 2.61 bits per heavy atom. The molecule has 4 amide bonds. The average Bonchev–Trinajstić information content (AvgIpc) is 3.80. The van der Waals surface area contributed by atoms with Crippen molar-refractivity contribution in [3.63, 3.8) is 0 Å². The van der Waals surface area contributed by atoms with E-state index in [-0.39, 0.29) is 56.2 Å². The molecule has 0 radical (unpaired) electrons. The topological polar surface area (TPSA) is 159 Å². The van der Waals surface area contributed by atoms with Crippen molar-refractivity contribution < 1.29 is 38.9 Å². The molecule has 2 aliphatic carbocycles. The summed E-state index contributed by atoms with van der Waals surface area (Å²) in [6.07, 6.45) is 2.22. The van der Waals surface area contributed by atoms with E-state index in [1.807, 2.05) is 31.2 Å². The van der Waals surface area contributed by atoms with Crippen LogP contribution in [-0.2, 0) is 31.0 Å². The predicted molar refractivity (Wildman–Crippen MR) is 201 cm³/mol. The number of benzene rings is 2. The van der Waals surface area contributed by atoms with Gasteiger partial charge in [-0.05, 0) is 81.2 Å². The zero-order valence-corrected chi connectivity index (χ0v) is 31.7. The van der Waals surface area contributed by atoms with Crippen LogP contribution in [0.3, 0.4) is 0 Å². The van der Waals surface area contributed by atoms with Crippen LogP contribution in [0.5, 0.6) is 11.5 Å². The van der Waals surface area contributed by atoms with Gasteiger partial charge in [0.05, 0.1) is 34.7 Å². The lowest BCUT2D eigenvalue weighted by Gasteiger charge is -2.49. The van der Waals surface area contributed by atoms with Crippen LogP contribution in [0, 0.1) is 36.0 Å². The lowest BCUT2D eigenvalue weighted by Crippen LogP contribution is -2.49. The van der Waals surface area contributed by atoms with Crippen molar-refractivity contribution in [3.8, 4) is 22.1 Å². The number of ether oxygens (including phenoxy) is 1. The molecule has 8 rings (SSSR count). The molecule has 0 bridgehead atoms. The predicted octanol–water partition coefficient (Wildman–Crippen LogP) is 6.46. The second-order valence-corrected chi connectivity index (χ2v) is 16.3. The summed E-state index contributed by atoms with van der Waals surface area (Å²) >= 11 is 7.85. The van der Waals surface area contributed by atoms with Gasteiger partial charge in [-0.2, -0.15) is 5.10 Å². The first-order valence-corrected chi connectivity index (χ1v) is 19.3. The zero-order chi connectivity index (χ0) is 38.4. The van der Waals surface area contributed by atoms with Gasteiger partial charge in [0.15, 0.2) is 11.5 Å². The fraction of sp³-hybridized carbons (Fsp3) is 0.400. The first-order chi connectivity index (χ1) is 25.8. The standard InChI is InChI=1S/C40H39ClN4O8S/c1-5-53-28-9-6-8-23(34(28)48)33-21-12-13-22-32(38(51)44(36(22)49)15-7-10-31(46)47)25(21)17-26-37(50)45(39(52)40(26,33)3)30-18-27(42-43(30)4)35-19(2)24-16-20(41)11-14-29(24)54-35/h6,8-9,11-12,14,16,18,22,25-26,32-33,48H,5,7,10,13,15,17H2,1-4H3,(H,46,47)/t22-,25+,26-,32-,33+,40+/m0/s1. The summed E-state index contributed by atoms with van der Waals surface area (Å²) in [4.78, 5) is 72.2. The van der Waals surface area contributed by atoms with Gasteiger partial charge < -0.3 is 14.9 Å². The fourth-order valence-corrected chi connectivity index (χ4v) is 10.8. The van der Waals surface area contributed by atoms with Crippen molar-refractivity contribution >= 4 is 68.4 Å². The number of carboxylic acid groups (broad SMARTS) is 1. The molecule has 3 fully saturated rings. The third kappa shape index (κ3) is 5.22. The summed E-state index contributed by atoms with van der Waals surface area (Å²) in [5.74, 6) is -6.11. The van der Waals surface area contributed by atoms with Crippen LogP contribution in [0.15, 0.2) is 54.1 Å². The Kier molecular flexibility index (Phi) is 8.72. The third-order valence-corrected chi connectivity index (χ3v) is 13.5. The fourth-order valence-electron chi connectivity index (χ4n) is 9.51. The minimum Gasteiger partial charge on any atom is -0.504 e. The van der Waals surface area contributed by atoms with Crippen LogP contribution < -0.4 is 9.64 Å². The monoisotopic (exact) mass is 770 g/mol. The van der Waals surface area contributed by atoms with Gasteiger partial charge in [0.2, 0.25) is 23.6 Å². The molecule has 1 saturated carbocycles. The Morgan fingerprint density at radius 1 is 1.09 bits per heavy atom. The summed E-state index contributed by atoms with van der Waals surface area (Å²) < 4.78 is 8.31. The zero-order valence-electron chi connectivity index (χ0n) is 30.2. The normalized spacial score (nSPS) is 26.3. The number of anilines is 1. The molecular formula is C40H39ClN4O8S. The number of hydrogen-bond acceptors (Lipinski definition) is 9. The second-order valence-electron chi connectivity index (χ2n) is 14.8. The number of halogens is 1. The lowest BCUT2D eigenvalue weighted by molar-refractivity contribution is -0.142. The summed E-state index contributed by atoms with van der Waals surface area (Å²) in [7, 11) is 1.69. The highest BCUT2D eigenvalue weighted by Crippen LogP contribution is 2.65. The molecule has 4 heterocycles. The van der Waals surface area contributed by atoms with Crippen LogP contribution in [0.25, 0.3) is 20.7 Å². The van der Waals surface area contributed by atoms with Gasteiger partial charge in [0.25, 0.3) is 0 Å². The average molecular weight is 771 g/mol. The lowest BCUT2D eigenvalue weighted by atomic mass is 9.51. The quantitative estimate of drug-likeness (QED) is 0.144. The highest BCUT2D eigenvalue weighted by molar-refractivity contribution is 7.22. The minimum absolute atomic E-state index is 0.0128. The number of hydrogen-bond donors (Lipinski definition) is 2. The number of carbonyl (C=O) groups excluding carboxylic acids is 4. The molecule has 2 aromatic carbocycles. The van der Waals surface area contributed by atoms with E-state index >= 15 is 4.79 Å². The Bertz CT molecular complexity index is 2330. The number of rotatable bonds is 9. The number of nitrogens with zero attached hydrogens (tertiary/aromatic N) is 4. The van der Waals surface area contributed by atoms with Crippen molar-refractivity contribution in [2.75, 3.05) is 18.1 Å². The smallest absolute Gasteiger partial charge is 0.303 e. The van der Waals surface area contributed by atoms with Crippen LogP contribution in [0.1, 0.15) is 56.6 Å². The number of imide groups is 2. The molecule has 2 aliphatic heterocycles. The van der Waals surface area contributed by atoms with Gasteiger partial charge in [-0.15, -0.1) is 11.3 Å². The number of para-hydroxylation sites is 1. The first kappa shape index (κ1) is 36.0. The number of carbonyl (C=O) groups is 5. The molecule has 54 heavy (non-hydrogen) atoms. The largest absolute Gasteiger partial charge is 0.504 e. The van der Waals surface area contributed by atoms with Crippen molar-refractivity contribution in [3.05, 3.63) is 70.3 Å². The van der Waals surface area contributed by atoms with Crippen LogP contribution in [-0.4, -0.2) is 67.6 Å². The van der Waals surface area contributed by atoms with E-state index in [0.29, 0.717) is 22.1 Å². The van der Waals surface area contributed by atoms with E-state index in [2.05, 4.69) is 0 Å². The molecule has 4 aromatic rings. The van der Waals surface area contributed by atoms with E-state index in [1.54, 1.807) is 56.5 Å². The van der Waals surface area contributed by atoms with Crippen molar-refractivity contribution in [1.82, 2.24) is 14.7 Å². The maximum atomic E-state index is 15.1. The molecule has 0 unspecified atom stereocenters. The summed E-state index contributed by atoms with van der Waals surface area (Å²) in [6, 6.07) is 12.5. The molecule has 12 nitrogen and oxygen atoms in total. The van der Waals surface area contributed by atoms with Gasteiger partial charge in [-0.1, -0.05) is 35.4 Å². The number of aromatic hydroxyl groups is 1. The number of aliphatic carboxylic acids is 1. The molecule has 2 saturated heterocycles. The van der Waals surface area contributed by atoms with Gasteiger partial charge in [-0.3, -0.25) is 33.6 Å². The van der Waals surface area contributed by atoms with Crippen LogP contribution in [0.4, 0.5) is 5.82 Å². The second kappa shape index (κ2) is 13.1. The van der Waals surface area contributed by atoms with E-state index in [0.717, 1.165) is 26.1 Å². The minimum atomic E-state index is -1.39. The molecule has 0 spiro atoms. The number of phenols is 1. The van der Waals surface area contributed by atoms with Crippen LogP contribution >= 0.6 is 22.9 Å². The number of likely N-dealkylation sites (tertiary alicyclic amines) is 1. The maximum Gasteiger partial charge on any atom is 0.303 e. The van der Waals surface area contributed by atoms with Gasteiger partial charge in [0, 0.05) is 47.3 Å². The van der Waals surface area contributed by atoms with Crippen molar-refractivity contribution in [2.24, 2.45) is 36.1 Å². The SMILES string of the molecule is CCOc1cccc([C@H]2C3=CC[C@@H]4C(=O)N(CCCC(=O)O)C(=O)[C@@H]4[C@@H]3C[C@H]3C(=O)N(c4cc(-c5sc6ccc(Cl)cc6c5C)nn4C)C(=O)[C@@]23C)c1O. The number of fused-ring (bicyclic) bond motifs is 5. The maximum absolute atomic E-state index is 15.1. The van der Waals surface area contributed by atoms with E-state index in [1.165, 1.54) is 14.5 Å². The first-order valence-electron chi connectivity index (χ1n) is 18.1. The van der Waals surface area contributed by atoms with E-state index in [4.69, 9.17) is 21.4 Å². The molecule has 2 aromatic heterocycles. The number of allylic oxidation sites excluding steroid dienone is 2. The van der Waals surface area contributed by atoms with Gasteiger partial charge >= 0.3 is 5.97 Å². The highest BCUT2D eigenvalue weighted by Gasteiger charge is 2.68. The summed E-state index contributed by atoms with van der Waals surface area (Å²) in [5.41, 5.74) is 1.30. The molecule has 14 heteroatoms. The van der Waals surface area contributed by atoms with Gasteiger partial charge in [-0.25, -0.2) is 4.90 Å². The van der Waals surface area contributed by atoms with E-state index < -0.39 is 58.7 Å². The summed E-state index contributed by atoms with van der Waals surface area (Å²) in [5, 5.41) is 27.3. The highest BCUT2D eigenvalue weighted by atomic mass is 35.5. The van der Waals surface area contributed by atoms with Gasteiger partial charge in [0.1, 0.15) is 11.5 Å². The Hall–Kier alpha value is -5.01. The number of amides is 4. The molecule has 4 aliphatic rings. The molecular weight excluding hydrogens is 732 g/mol. The Balaban J connectivity index is 1.23. The molecule has 2 N–H and O–H groups in total. The molecule has 6 atom stereocenters. The van der Waals surface area contributed by atoms with E-state index in [9.17, 15) is 29.4 Å². The number of thiophene rings is 1. The number of aromatic nitrogens is 2. The van der Waals surface area contributed by atoms with Crippen LogP contribution in [0.2, 0.25) is 5.02 Å². The summed E-state index contributed by atoms with van der Waals surface area (Å²) in [6.45, 7) is 5.81. The number of aryl methyl sites for hydroxylation is 2. The van der Waals surface area contributed by atoms with Crippen molar-refractivity contribution in [1.29, 1.82) is 0 Å². The number of phenolic OH excluding ortho intramolecular Hbond substituents is 1. The Morgan fingerprint density at radius 2 is 1.87 bits per heavy atom. The van der Waals surface area contributed by atoms with Crippen molar-refractivity contribution in [2.45, 2.75) is 52.4 Å².